The van der Waals surface area contributed by atoms with E-state index in [1.54, 1.807) is 12.1 Å². The number of rotatable bonds is 2. The zero-order valence-corrected chi connectivity index (χ0v) is 10.2. The SMILES string of the molecule is O=C1/C(=C/c2ccc(CO)o2)Oc2cc(O)cc(O)c21. The lowest BCUT2D eigenvalue weighted by Crippen LogP contribution is -1.98. The van der Waals surface area contributed by atoms with Crippen molar-refractivity contribution in [3.05, 3.63) is 47.1 Å². The zero-order chi connectivity index (χ0) is 14.3. The Bertz CT molecular complexity index is 725. The Balaban J connectivity index is 1.99. The number of Topliss-reactive ketones (excluding diaryl/α,β-unsaturated/α-hetero) is 1. The molecular formula is C14H10O6. The minimum atomic E-state index is -0.501. The molecule has 102 valence electrons. The number of fused-ring (bicyclic) bond motifs is 1. The number of benzene rings is 1. The summed E-state index contributed by atoms with van der Waals surface area (Å²) in [7, 11) is 0. The molecule has 3 N–H and O–H groups in total. The number of aromatic hydroxyl groups is 2. The highest BCUT2D eigenvalue weighted by Crippen LogP contribution is 2.40. The molecule has 0 radical (unpaired) electrons. The maximum atomic E-state index is 12.1. The van der Waals surface area contributed by atoms with Gasteiger partial charge in [-0.15, -0.1) is 0 Å². The van der Waals surface area contributed by atoms with E-state index in [0.717, 1.165) is 6.07 Å². The number of ether oxygens (including phenoxy) is 1. The van der Waals surface area contributed by atoms with Crippen molar-refractivity contribution in [2.24, 2.45) is 0 Å². The molecule has 1 aromatic carbocycles. The van der Waals surface area contributed by atoms with E-state index < -0.39 is 5.78 Å². The number of ketones is 1. The van der Waals surface area contributed by atoms with Gasteiger partial charge in [0.15, 0.2) is 5.76 Å². The molecule has 6 heteroatoms. The van der Waals surface area contributed by atoms with Gasteiger partial charge in [-0.3, -0.25) is 4.79 Å². The normalized spacial score (nSPS) is 15.4. The summed E-state index contributed by atoms with van der Waals surface area (Å²) in [5.41, 5.74) is 0.00277. The van der Waals surface area contributed by atoms with Crippen LogP contribution in [0.25, 0.3) is 6.08 Å². The largest absolute Gasteiger partial charge is 0.508 e. The van der Waals surface area contributed by atoms with Crippen LogP contribution in [0.5, 0.6) is 17.2 Å². The fourth-order valence-corrected chi connectivity index (χ4v) is 1.96. The van der Waals surface area contributed by atoms with Gasteiger partial charge in [0.1, 0.15) is 40.9 Å². The third-order valence-electron chi connectivity index (χ3n) is 2.85. The Morgan fingerprint density at radius 1 is 1.20 bits per heavy atom. The Kier molecular flexibility index (Phi) is 2.73. The summed E-state index contributed by atoms with van der Waals surface area (Å²) in [6.45, 7) is -0.243. The van der Waals surface area contributed by atoms with E-state index in [1.807, 2.05) is 0 Å². The molecule has 0 bridgehead atoms. The van der Waals surface area contributed by atoms with Crippen LogP contribution in [0.15, 0.2) is 34.4 Å². The van der Waals surface area contributed by atoms with Crippen LogP contribution in [0.1, 0.15) is 21.9 Å². The first-order valence-electron chi connectivity index (χ1n) is 5.78. The van der Waals surface area contributed by atoms with E-state index in [-0.39, 0.29) is 35.2 Å². The summed E-state index contributed by atoms with van der Waals surface area (Å²) in [6.07, 6.45) is 1.36. The minimum Gasteiger partial charge on any atom is -0.508 e. The molecule has 0 saturated carbocycles. The molecule has 6 nitrogen and oxygen atoms in total. The first-order valence-corrected chi connectivity index (χ1v) is 5.78. The molecular weight excluding hydrogens is 264 g/mol. The van der Waals surface area contributed by atoms with Gasteiger partial charge in [0.25, 0.3) is 0 Å². The molecule has 20 heavy (non-hydrogen) atoms. The molecule has 0 fully saturated rings. The van der Waals surface area contributed by atoms with Crippen LogP contribution >= 0.6 is 0 Å². The first-order chi connectivity index (χ1) is 9.58. The maximum Gasteiger partial charge on any atom is 0.235 e. The molecule has 1 aliphatic rings. The van der Waals surface area contributed by atoms with Crippen molar-refractivity contribution in [3.8, 4) is 17.2 Å². The van der Waals surface area contributed by atoms with Gasteiger partial charge in [-0.1, -0.05) is 0 Å². The molecule has 0 unspecified atom stereocenters. The van der Waals surface area contributed by atoms with Crippen molar-refractivity contribution in [3.63, 3.8) is 0 Å². The summed E-state index contributed by atoms with van der Waals surface area (Å²) >= 11 is 0. The van der Waals surface area contributed by atoms with Crippen molar-refractivity contribution in [2.45, 2.75) is 6.61 Å². The predicted octanol–water partition coefficient (Wildman–Crippen LogP) is 1.80. The topological polar surface area (TPSA) is 100 Å². The number of phenolic OH excluding ortho intramolecular Hbond substituents is 2. The fraction of sp³-hybridized carbons (Fsp3) is 0.0714. The molecule has 0 atom stereocenters. The summed E-state index contributed by atoms with van der Waals surface area (Å²) in [5, 5.41) is 27.9. The predicted molar refractivity (Wildman–Crippen MR) is 67.3 cm³/mol. The number of furan rings is 1. The molecule has 3 rings (SSSR count). The molecule has 0 amide bonds. The summed E-state index contributed by atoms with van der Waals surface area (Å²) < 4.78 is 10.5. The fourth-order valence-electron chi connectivity index (χ4n) is 1.96. The summed E-state index contributed by atoms with van der Waals surface area (Å²) in [6, 6.07) is 5.46. The van der Waals surface area contributed by atoms with Gasteiger partial charge in [-0.25, -0.2) is 0 Å². The number of carbonyl (C=O) groups excluding carboxylic acids is 1. The van der Waals surface area contributed by atoms with Crippen molar-refractivity contribution >= 4 is 11.9 Å². The van der Waals surface area contributed by atoms with Crippen LogP contribution in [0.3, 0.4) is 0 Å². The van der Waals surface area contributed by atoms with Gasteiger partial charge in [-0.2, -0.15) is 0 Å². The van der Waals surface area contributed by atoms with Crippen molar-refractivity contribution in [1.29, 1.82) is 0 Å². The lowest BCUT2D eigenvalue weighted by molar-refractivity contribution is 0.101. The van der Waals surface area contributed by atoms with Crippen molar-refractivity contribution in [2.75, 3.05) is 0 Å². The van der Waals surface area contributed by atoms with Crippen molar-refractivity contribution in [1.82, 2.24) is 0 Å². The van der Waals surface area contributed by atoms with Gasteiger partial charge in [0.2, 0.25) is 5.78 Å². The second-order valence-electron chi connectivity index (χ2n) is 4.24. The van der Waals surface area contributed by atoms with E-state index in [1.165, 1.54) is 12.1 Å². The van der Waals surface area contributed by atoms with Crippen LogP contribution in [0.2, 0.25) is 0 Å². The highest BCUT2D eigenvalue weighted by Gasteiger charge is 2.31. The van der Waals surface area contributed by atoms with Crippen LogP contribution in [0.4, 0.5) is 0 Å². The van der Waals surface area contributed by atoms with Gasteiger partial charge in [-0.05, 0) is 12.1 Å². The Morgan fingerprint density at radius 2 is 2.00 bits per heavy atom. The van der Waals surface area contributed by atoms with E-state index in [9.17, 15) is 15.0 Å². The zero-order valence-electron chi connectivity index (χ0n) is 10.2. The van der Waals surface area contributed by atoms with E-state index in [0.29, 0.717) is 11.5 Å². The molecule has 0 spiro atoms. The van der Waals surface area contributed by atoms with Gasteiger partial charge in [0, 0.05) is 18.2 Å². The number of aliphatic hydroxyl groups is 1. The second kappa shape index (κ2) is 4.43. The van der Waals surface area contributed by atoms with E-state index >= 15 is 0 Å². The number of aliphatic hydroxyl groups excluding tert-OH is 1. The van der Waals surface area contributed by atoms with E-state index in [2.05, 4.69) is 0 Å². The average Bonchev–Trinajstić information content (AvgIpc) is 2.95. The van der Waals surface area contributed by atoms with Crippen LogP contribution in [0, 0.1) is 0 Å². The molecule has 2 heterocycles. The smallest absolute Gasteiger partial charge is 0.235 e. The lowest BCUT2D eigenvalue weighted by atomic mass is 10.1. The van der Waals surface area contributed by atoms with Gasteiger partial charge >= 0.3 is 0 Å². The summed E-state index contributed by atoms with van der Waals surface area (Å²) in [4.78, 5) is 12.1. The quantitative estimate of drug-likeness (QED) is 0.722. The van der Waals surface area contributed by atoms with Gasteiger partial charge < -0.3 is 24.5 Å². The van der Waals surface area contributed by atoms with E-state index in [4.69, 9.17) is 14.3 Å². The van der Waals surface area contributed by atoms with Crippen LogP contribution in [-0.4, -0.2) is 21.1 Å². The average molecular weight is 274 g/mol. The molecule has 0 saturated heterocycles. The number of allylic oxidation sites excluding steroid dienone is 1. The second-order valence-corrected chi connectivity index (χ2v) is 4.24. The molecule has 1 aliphatic heterocycles. The maximum absolute atomic E-state index is 12.1. The van der Waals surface area contributed by atoms with Crippen LogP contribution < -0.4 is 4.74 Å². The van der Waals surface area contributed by atoms with Crippen molar-refractivity contribution < 1.29 is 29.3 Å². The monoisotopic (exact) mass is 274 g/mol. The molecule has 1 aromatic heterocycles. The third-order valence-corrected chi connectivity index (χ3v) is 2.85. The summed E-state index contributed by atoms with van der Waals surface area (Å²) in [5.74, 6) is -0.277. The highest BCUT2D eigenvalue weighted by atomic mass is 16.5. The standard InChI is InChI=1S/C14H10O6/c15-6-9-2-1-8(19-9)5-12-14(18)13-10(17)3-7(16)4-11(13)20-12/h1-5,15-17H,6H2/b12-5-. The third kappa shape index (κ3) is 1.92. The Morgan fingerprint density at radius 3 is 2.70 bits per heavy atom. The minimum absolute atomic E-state index is 0.00277. The number of hydrogen-bond acceptors (Lipinski definition) is 6. The molecule has 0 aliphatic carbocycles. The van der Waals surface area contributed by atoms with Gasteiger partial charge in [0.05, 0.1) is 0 Å². The number of carbonyl (C=O) groups is 1. The van der Waals surface area contributed by atoms with Crippen LogP contribution in [-0.2, 0) is 6.61 Å². The Labute approximate surface area is 113 Å². The highest BCUT2D eigenvalue weighted by molar-refractivity contribution is 6.16. The number of phenols is 2. The number of hydrogen-bond donors (Lipinski definition) is 3. The molecule has 2 aromatic rings. The lowest BCUT2D eigenvalue weighted by Gasteiger charge is -1.99. The first kappa shape index (κ1) is 12.3. The Hall–Kier alpha value is -2.73.